The van der Waals surface area contributed by atoms with Crippen LogP contribution in [0, 0.1) is 0 Å². The Morgan fingerprint density at radius 1 is 1.47 bits per heavy atom. The minimum atomic E-state index is -1.03. The summed E-state index contributed by atoms with van der Waals surface area (Å²) in [5.41, 5.74) is -0.180. The van der Waals surface area contributed by atoms with Gasteiger partial charge in [0, 0.05) is 18.8 Å². The van der Waals surface area contributed by atoms with Gasteiger partial charge >= 0.3 is 5.97 Å². The van der Waals surface area contributed by atoms with E-state index in [0.717, 1.165) is 0 Å². The largest absolute Gasteiger partial charge is 0.480 e. The molecule has 0 atom stereocenters. The Morgan fingerprint density at radius 3 is 2.41 bits per heavy atom. The molecule has 0 aliphatic heterocycles. The Hall–Kier alpha value is -1.85. The Kier molecular flexibility index (Phi) is 3.55. The van der Waals surface area contributed by atoms with Gasteiger partial charge in [-0.05, 0) is 26.8 Å². The number of amides is 1. The molecule has 0 unspecified atom stereocenters. The lowest BCUT2D eigenvalue weighted by atomic mass is 10.1. The molecule has 17 heavy (non-hydrogen) atoms. The van der Waals surface area contributed by atoms with Crippen LogP contribution in [0.5, 0.6) is 0 Å². The number of rotatable bonds is 3. The van der Waals surface area contributed by atoms with Crippen LogP contribution in [0.2, 0.25) is 0 Å². The quantitative estimate of drug-likeness (QED) is 0.844. The highest BCUT2D eigenvalue weighted by Crippen LogP contribution is 2.16. The summed E-state index contributed by atoms with van der Waals surface area (Å²) in [5, 5.41) is 12.7. The van der Waals surface area contributed by atoms with Gasteiger partial charge in [-0.15, -0.1) is 0 Å². The van der Waals surface area contributed by atoms with Crippen molar-refractivity contribution >= 4 is 11.9 Å². The van der Waals surface area contributed by atoms with E-state index in [1.54, 1.807) is 33.9 Å². The van der Waals surface area contributed by atoms with Gasteiger partial charge in [-0.1, -0.05) is 0 Å². The fourth-order valence-corrected chi connectivity index (χ4v) is 1.47. The maximum atomic E-state index is 12.2. The number of carboxylic acids is 1. The first kappa shape index (κ1) is 13.2. The topological polar surface area (TPSA) is 75.4 Å². The van der Waals surface area contributed by atoms with Crippen molar-refractivity contribution in [3.05, 3.63) is 18.0 Å². The highest BCUT2D eigenvalue weighted by molar-refractivity contribution is 5.94. The summed E-state index contributed by atoms with van der Waals surface area (Å²) in [4.78, 5) is 24.3. The molecule has 6 nitrogen and oxygen atoms in total. The summed E-state index contributed by atoms with van der Waals surface area (Å²) < 4.78 is 1.43. The molecule has 1 aromatic rings. The highest BCUT2D eigenvalue weighted by atomic mass is 16.4. The molecular formula is C11H17N3O3. The zero-order valence-corrected chi connectivity index (χ0v) is 10.5. The van der Waals surface area contributed by atoms with E-state index in [-0.39, 0.29) is 12.5 Å². The van der Waals surface area contributed by atoms with E-state index in [1.165, 1.54) is 15.8 Å². The molecule has 0 saturated carbocycles. The first-order valence-corrected chi connectivity index (χ1v) is 5.25. The van der Waals surface area contributed by atoms with E-state index in [9.17, 15) is 9.59 Å². The molecule has 1 amide bonds. The molecule has 0 spiro atoms. The number of aromatic nitrogens is 2. The van der Waals surface area contributed by atoms with E-state index < -0.39 is 11.5 Å². The molecule has 94 valence electrons. The van der Waals surface area contributed by atoms with Crippen LogP contribution >= 0.6 is 0 Å². The molecule has 0 aliphatic rings. The Bertz CT molecular complexity index is 431. The van der Waals surface area contributed by atoms with Gasteiger partial charge < -0.3 is 10.0 Å². The number of aliphatic carboxylic acids is 1. The average Bonchev–Trinajstić information content (AvgIpc) is 2.58. The molecule has 0 bridgehead atoms. The number of carbonyl (C=O) groups excluding carboxylic acids is 1. The van der Waals surface area contributed by atoms with Crippen LogP contribution in [0.3, 0.4) is 0 Å². The van der Waals surface area contributed by atoms with Crippen molar-refractivity contribution < 1.29 is 14.7 Å². The molecule has 1 heterocycles. The van der Waals surface area contributed by atoms with Crippen molar-refractivity contribution in [2.75, 3.05) is 6.54 Å². The van der Waals surface area contributed by atoms with Gasteiger partial charge in [-0.3, -0.25) is 14.3 Å². The molecular weight excluding hydrogens is 222 g/mol. The second kappa shape index (κ2) is 4.57. The first-order chi connectivity index (χ1) is 7.73. The van der Waals surface area contributed by atoms with Crippen LogP contribution in [0.25, 0.3) is 0 Å². The molecule has 6 heteroatoms. The third-order valence-corrected chi connectivity index (χ3v) is 2.39. The second-order valence-corrected chi connectivity index (χ2v) is 4.80. The standard InChI is InChI=1S/C11H17N3O3/c1-11(2,3)14(7-9(15)16)10(17)8-5-6-12-13(8)4/h5-6H,7H2,1-4H3,(H,15,16). The summed E-state index contributed by atoms with van der Waals surface area (Å²) >= 11 is 0. The summed E-state index contributed by atoms with van der Waals surface area (Å²) in [5.74, 6) is -1.37. The second-order valence-electron chi connectivity index (χ2n) is 4.80. The maximum Gasteiger partial charge on any atom is 0.323 e. The molecule has 1 aromatic heterocycles. The van der Waals surface area contributed by atoms with Crippen LogP contribution in [0.4, 0.5) is 0 Å². The van der Waals surface area contributed by atoms with E-state index in [1.807, 2.05) is 0 Å². The first-order valence-electron chi connectivity index (χ1n) is 5.25. The van der Waals surface area contributed by atoms with Gasteiger partial charge in [0.15, 0.2) is 0 Å². The van der Waals surface area contributed by atoms with Crippen LogP contribution < -0.4 is 0 Å². The summed E-state index contributed by atoms with van der Waals surface area (Å²) in [6.07, 6.45) is 1.51. The third-order valence-electron chi connectivity index (χ3n) is 2.39. The van der Waals surface area contributed by atoms with E-state index in [2.05, 4.69) is 5.10 Å². The maximum absolute atomic E-state index is 12.2. The molecule has 0 radical (unpaired) electrons. The van der Waals surface area contributed by atoms with Gasteiger partial charge in [0.2, 0.25) is 0 Å². The summed E-state index contributed by atoms with van der Waals surface area (Å²) in [6.45, 7) is 5.06. The Morgan fingerprint density at radius 2 is 2.06 bits per heavy atom. The van der Waals surface area contributed by atoms with Crippen molar-refractivity contribution in [1.29, 1.82) is 0 Å². The predicted molar refractivity (Wildman–Crippen MR) is 61.6 cm³/mol. The molecule has 0 aromatic carbocycles. The number of hydrogen-bond donors (Lipinski definition) is 1. The summed E-state index contributed by atoms with van der Waals surface area (Å²) in [6, 6.07) is 1.57. The highest BCUT2D eigenvalue weighted by Gasteiger charge is 2.30. The SMILES string of the molecule is Cn1nccc1C(=O)N(CC(=O)O)C(C)(C)C. The van der Waals surface area contributed by atoms with Crippen molar-refractivity contribution in [2.24, 2.45) is 7.05 Å². The normalized spacial score (nSPS) is 11.3. The van der Waals surface area contributed by atoms with Crippen LogP contribution in [-0.2, 0) is 11.8 Å². The minimum Gasteiger partial charge on any atom is -0.480 e. The monoisotopic (exact) mass is 239 g/mol. The summed E-state index contributed by atoms with van der Waals surface area (Å²) in [7, 11) is 1.65. The number of carbonyl (C=O) groups is 2. The van der Waals surface area contributed by atoms with Crippen LogP contribution in [0.1, 0.15) is 31.3 Å². The van der Waals surface area contributed by atoms with Crippen LogP contribution in [-0.4, -0.2) is 43.7 Å². The predicted octanol–water partition coefficient (Wildman–Crippen LogP) is 0.745. The van der Waals surface area contributed by atoms with Crippen molar-refractivity contribution in [1.82, 2.24) is 14.7 Å². The van der Waals surface area contributed by atoms with E-state index >= 15 is 0 Å². The van der Waals surface area contributed by atoms with E-state index in [4.69, 9.17) is 5.11 Å². The smallest absolute Gasteiger partial charge is 0.323 e. The number of hydrogen-bond acceptors (Lipinski definition) is 3. The zero-order chi connectivity index (χ0) is 13.2. The molecule has 0 aliphatic carbocycles. The van der Waals surface area contributed by atoms with Gasteiger partial charge in [0.25, 0.3) is 5.91 Å². The van der Waals surface area contributed by atoms with Crippen molar-refractivity contribution in [3.8, 4) is 0 Å². The van der Waals surface area contributed by atoms with E-state index in [0.29, 0.717) is 5.69 Å². The average molecular weight is 239 g/mol. The lowest BCUT2D eigenvalue weighted by Gasteiger charge is -2.34. The fourth-order valence-electron chi connectivity index (χ4n) is 1.47. The van der Waals surface area contributed by atoms with Gasteiger partial charge in [-0.2, -0.15) is 5.10 Å². The number of aryl methyl sites for hydroxylation is 1. The molecule has 0 fully saturated rings. The lowest BCUT2D eigenvalue weighted by Crippen LogP contribution is -2.48. The minimum absolute atomic E-state index is 0.326. The van der Waals surface area contributed by atoms with Crippen molar-refractivity contribution in [3.63, 3.8) is 0 Å². The van der Waals surface area contributed by atoms with Crippen LogP contribution in [0.15, 0.2) is 12.3 Å². The third kappa shape index (κ3) is 3.05. The molecule has 1 rings (SSSR count). The van der Waals surface area contributed by atoms with Crippen molar-refractivity contribution in [2.45, 2.75) is 26.3 Å². The Balaban J connectivity index is 3.04. The number of carboxylic acid groups (broad SMARTS) is 1. The number of nitrogens with zero attached hydrogens (tertiary/aromatic N) is 3. The van der Waals surface area contributed by atoms with Gasteiger partial charge in [0.05, 0.1) is 0 Å². The van der Waals surface area contributed by atoms with Gasteiger partial charge in [-0.25, -0.2) is 0 Å². The fraction of sp³-hybridized carbons (Fsp3) is 0.545. The molecule has 0 saturated heterocycles. The van der Waals surface area contributed by atoms with Gasteiger partial charge in [0.1, 0.15) is 12.2 Å². The Labute approximate surface area is 99.8 Å². The lowest BCUT2D eigenvalue weighted by molar-refractivity contribution is -0.138. The molecule has 1 N–H and O–H groups in total. The zero-order valence-electron chi connectivity index (χ0n) is 10.5.